The number of benzene rings is 1. The first-order valence-corrected chi connectivity index (χ1v) is 4.89. The molecule has 0 saturated carbocycles. The monoisotopic (exact) mass is 202 g/mol. The van der Waals surface area contributed by atoms with E-state index >= 15 is 0 Å². The van der Waals surface area contributed by atoms with Gasteiger partial charge in [0, 0.05) is 6.08 Å². The number of hydrogen-bond donors (Lipinski definition) is 0. The lowest BCUT2D eigenvalue weighted by atomic mass is 10.2. The van der Waals surface area contributed by atoms with Crippen LogP contribution in [-0.2, 0) is 9.53 Å². The summed E-state index contributed by atoms with van der Waals surface area (Å²) in [4.78, 5) is 10.9. The highest BCUT2D eigenvalue weighted by Crippen LogP contribution is 2.00. The Bertz CT molecular complexity index is 350. The number of hydrogen-bond acceptors (Lipinski definition) is 2. The zero-order chi connectivity index (χ0) is 10.9. The third kappa shape index (κ3) is 4.81. The van der Waals surface area contributed by atoms with Crippen molar-refractivity contribution >= 4 is 12.0 Å². The van der Waals surface area contributed by atoms with E-state index in [9.17, 15) is 4.79 Å². The summed E-state index contributed by atoms with van der Waals surface area (Å²) in [5.41, 5.74) is 1.10. The smallest absolute Gasteiger partial charge is 0.330 e. The fourth-order valence-corrected chi connectivity index (χ4v) is 1.06. The van der Waals surface area contributed by atoms with Crippen LogP contribution in [0, 0.1) is 0 Å². The van der Waals surface area contributed by atoms with Gasteiger partial charge in [0.05, 0.1) is 6.61 Å². The number of carbonyl (C=O) groups is 1. The Morgan fingerprint density at radius 2 is 2.00 bits per heavy atom. The molecular formula is C13H14O2. The Hall–Kier alpha value is -1.83. The fourth-order valence-electron chi connectivity index (χ4n) is 1.06. The van der Waals surface area contributed by atoms with E-state index in [1.165, 1.54) is 6.08 Å². The largest absolute Gasteiger partial charge is 0.463 e. The van der Waals surface area contributed by atoms with Crippen LogP contribution in [0.1, 0.15) is 12.5 Å². The molecule has 2 heteroatoms. The van der Waals surface area contributed by atoms with Gasteiger partial charge in [-0.25, -0.2) is 4.79 Å². The van der Waals surface area contributed by atoms with Crippen molar-refractivity contribution in [3.8, 4) is 0 Å². The molecule has 0 fully saturated rings. The summed E-state index contributed by atoms with van der Waals surface area (Å²) >= 11 is 0. The summed E-state index contributed by atoms with van der Waals surface area (Å²) in [6, 6.07) is 9.89. The quantitative estimate of drug-likeness (QED) is 0.426. The van der Waals surface area contributed by atoms with Crippen molar-refractivity contribution in [2.24, 2.45) is 0 Å². The molecule has 0 N–H and O–H groups in total. The fraction of sp³-hybridized carbons (Fsp3) is 0.154. The van der Waals surface area contributed by atoms with Gasteiger partial charge in [0.1, 0.15) is 0 Å². The van der Waals surface area contributed by atoms with Crippen molar-refractivity contribution in [3.05, 3.63) is 54.1 Å². The molecule has 15 heavy (non-hydrogen) atoms. The first-order valence-electron chi connectivity index (χ1n) is 4.89. The number of rotatable bonds is 4. The summed E-state index contributed by atoms with van der Waals surface area (Å²) < 4.78 is 4.73. The minimum absolute atomic E-state index is 0.310. The van der Waals surface area contributed by atoms with Crippen molar-refractivity contribution in [2.75, 3.05) is 6.61 Å². The minimum Gasteiger partial charge on any atom is -0.463 e. The van der Waals surface area contributed by atoms with Crippen LogP contribution in [0.2, 0.25) is 0 Å². The molecule has 0 aliphatic heterocycles. The third-order valence-corrected chi connectivity index (χ3v) is 1.72. The lowest BCUT2D eigenvalue weighted by Gasteiger charge is -1.92. The molecule has 1 aromatic carbocycles. The van der Waals surface area contributed by atoms with E-state index in [1.807, 2.05) is 42.5 Å². The average molecular weight is 202 g/mol. The molecule has 1 aromatic rings. The van der Waals surface area contributed by atoms with Gasteiger partial charge in [-0.3, -0.25) is 0 Å². The van der Waals surface area contributed by atoms with E-state index in [4.69, 9.17) is 4.74 Å². The van der Waals surface area contributed by atoms with Crippen molar-refractivity contribution in [3.63, 3.8) is 0 Å². The normalized spacial score (nSPS) is 11.0. The second kappa shape index (κ2) is 6.60. The third-order valence-electron chi connectivity index (χ3n) is 1.72. The molecule has 0 amide bonds. The molecule has 0 aromatic heterocycles. The lowest BCUT2D eigenvalue weighted by molar-refractivity contribution is -0.137. The Morgan fingerprint density at radius 1 is 1.27 bits per heavy atom. The summed E-state index contributed by atoms with van der Waals surface area (Å²) in [6.07, 6.45) is 6.82. The average Bonchev–Trinajstić information content (AvgIpc) is 2.26. The SMILES string of the molecule is CCOC(=O)C=CC=Cc1ccccc1. The molecular weight excluding hydrogens is 188 g/mol. The predicted octanol–water partition coefficient (Wildman–Crippen LogP) is 2.82. The molecule has 0 atom stereocenters. The van der Waals surface area contributed by atoms with Crippen LogP contribution < -0.4 is 0 Å². The van der Waals surface area contributed by atoms with Crippen molar-refractivity contribution in [1.29, 1.82) is 0 Å². The summed E-state index contributed by atoms with van der Waals surface area (Å²) in [5.74, 6) is -0.310. The highest BCUT2D eigenvalue weighted by Gasteiger charge is 1.89. The zero-order valence-corrected chi connectivity index (χ0v) is 8.72. The van der Waals surface area contributed by atoms with Gasteiger partial charge >= 0.3 is 5.97 Å². The van der Waals surface area contributed by atoms with Gasteiger partial charge < -0.3 is 4.74 Å². The van der Waals surface area contributed by atoms with Crippen LogP contribution in [0.4, 0.5) is 0 Å². The molecule has 0 unspecified atom stereocenters. The van der Waals surface area contributed by atoms with E-state index in [-0.39, 0.29) is 5.97 Å². The maximum Gasteiger partial charge on any atom is 0.330 e. The topological polar surface area (TPSA) is 26.3 Å². The van der Waals surface area contributed by atoms with Crippen molar-refractivity contribution < 1.29 is 9.53 Å². The van der Waals surface area contributed by atoms with E-state index in [0.29, 0.717) is 6.61 Å². The molecule has 0 radical (unpaired) electrons. The van der Waals surface area contributed by atoms with Crippen LogP contribution >= 0.6 is 0 Å². The molecule has 0 aliphatic rings. The van der Waals surface area contributed by atoms with E-state index < -0.39 is 0 Å². The minimum atomic E-state index is -0.310. The standard InChI is InChI=1S/C13H14O2/c1-2-15-13(14)11-7-6-10-12-8-4-3-5-9-12/h3-11H,2H2,1H3. The van der Waals surface area contributed by atoms with Crippen LogP contribution in [0.3, 0.4) is 0 Å². The van der Waals surface area contributed by atoms with Crippen LogP contribution in [0.15, 0.2) is 48.6 Å². The number of ether oxygens (including phenoxy) is 1. The van der Waals surface area contributed by atoms with Gasteiger partial charge in [0.25, 0.3) is 0 Å². The van der Waals surface area contributed by atoms with Crippen LogP contribution in [-0.4, -0.2) is 12.6 Å². The van der Waals surface area contributed by atoms with E-state index in [0.717, 1.165) is 5.56 Å². The van der Waals surface area contributed by atoms with Gasteiger partial charge in [-0.2, -0.15) is 0 Å². The first-order chi connectivity index (χ1) is 7.33. The van der Waals surface area contributed by atoms with Gasteiger partial charge in [-0.1, -0.05) is 48.6 Å². The maximum absolute atomic E-state index is 10.9. The van der Waals surface area contributed by atoms with Crippen molar-refractivity contribution in [2.45, 2.75) is 6.92 Å². The molecule has 2 nitrogen and oxygen atoms in total. The first kappa shape index (κ1) is 11.2. The number of allylic oxidation sites excluding steroid dienone is 2. The summed E-state index contributed by atoms with van der Waals surface area (Å²) in [5, 5.41) is 0. The lowest BCUT2D eigenvalue weighted by Crippen LogP contribution is -1.98. The highest BCUT2D eigenvalue weighted by molar-refractivity contribution is 5.82. The second-order valence-electron chi connectivity index (χ2n) is 2.88. The molecule has 78 valence electrons. The number of esters is 1. The molecule has 1 rings (SSSR count). The van der Waals surface area contributed by atoms with E-state index in [1.54, 1.807) is 13.0 Å². The van der Waals surface area contributed by atoms with Crippen LogP contribution in [0.25, 0.3) is 6.08 Å². The molecule has 0 bridgehead atoms. The predicted molar refractivity (Wildman–Crippen MR) is 61.2 cm³/mol. The summed E-state index contributed by atoms with van der Waals surface area (Å²) in [7, 11) is 0. The molecule has 0 spiro atoms. The Labute approximate surface area is 89.9 Å². The Balaban J connectivity index is 2.43. The van der Waals surface area contributed by atoms with Gasteiger partial charge in [-0.15, -0.1) is 0 Å². The second-order valence-corrected chi connectivity index (χ2v) is 2.88. The number of carbonyl (C=O) groups excluding carboxylic acids is 1. The maximum atomic E-state index is 10.9. The van der Waals surface area contributed by atoms with Crippen LogP contribution in [0.5, 0.6) is 0 Å². The highest BCUT2D eigenvalue weighted by atomic mass is 16.5. The van der Waals surface area contributed by atoms with Gasteiger partial charge in [-0.05, 0) is 12.5 Å². The molecule has 0 aliphatic carbocycles. The van der Waals surface area contributed by atoms with E-state index in [2.05, 4.69) is 0 Å². The zero-order valence-electron chi connectivity index (χ0n) is 8.72. The van der Waals surface area contributed by atoms with Gasteiger partial charge in [0.2, 0.25) is 0 Å². The Kier molecular flexibility index (Phi) is 4.95. The molecule has 0 saturated heterocycles. The van der Waals surface area contributed by atoms with Crippen molar-refractivity contribution in [1.82, 2.24) is 0 Å². The van der Waals surface area contributed by atoms with Gasteiger partial charge in [0.15, 0.2) is 0 Å². The molecule has 0 heterocycles. The Morgan fingerprint density at radius 3 is 2.67 bits per heavy atom. The summed E-state index contributed by atoms with van der Waals surface area (Å²) in [6.45, 7) is 2.19.